The average molecular weight is 277 g/mol. The van der Waals surface area contributed by atoms with E-state index in [9.17, 15) is 9.59 Å². The second-order valence-electron chi connectivity index (χ2n) is 4.74. The maximum Gasteiger partial charge on any atom is 0.410 e. The molecule has 5 heteroatoms. The van der Waals surface area contributed by atoms with E-state index in [1.165, 1.54) is 12.0 Å². The molecule has 0 saturated carbocycles. The quantitative estimate of drug-likeness (QED) is 0.742. The maximum absolute atomic E-state index is 12.0. The zero-order valence-electron chi connectivity index (χ0n) is 11.6. The number of carbonyl (C=O) groups excluding carboxylic acids is 2. The van der Waals surface area contributed by atoms with Crippen molar-refractivity contribution in [3.63, 3.8) is 0 Å². The molecule has 1 heterocycles. The SMILES string of the molecule is COC(=O)C1CCCN1C(=O)OCC1=CC=CCC=C1. The summed E-state index contributed by atoms with van der Waals surface area (Å²) in [5, 5.41) is 0. The molecule has 0 radical (unpaired) electrons. The topological polar surface area (TPSA) is 55.8 Å². The Labute approximate surface area is 118 Å². The molecule has 0 aromatic heterocycles. The first-order valence-electron chi connectivity index (χ1n) is 6.76. The van der Waals surface area contributed by atoms with Gasteiger partial charge in [0.25, 0.3) is 0 Å². The van der Waals surface area contributed by atoms with Crippen LogP contribution in [0.5, 0.6) is 0 Å². The minimum atomic E-state index is -0.508. The predicted molar refractivity (Wildman–Crippen MR) is 74.1 cm³/mol. The highest BCUT2D eigenvalue weighted by molar-refractivity contribution is 5.82. The van der Waals surface area contributed by atoms with Gasteiger partial charge < -0.3 is 9.47 Å². The van der Waals surface area contributed by atoms with Crippen molar-refractivity contribution in [1.29, 1.82) is 0 Å². The first-order valence-corrected chi connectivity index (χ1v) is 6.76. The summed E-state index contributed by atoms with van der Waals surface area (Å²) < 4.78 is 9.98. The molecular weight excluding hydrogens is 258 g/mol. The summed E-state index contributed by atoms with van der Waals surface area (Å²) >= 11 is 0. The molecule has 0 aromatic carbocycles. The van der Waals surface area contributed by atoms with Crippen LogP contribution < -0.4 is 0 Å². The number of carbonyl (C=O) groups is 2. The summed E-state index contributed by atoms with van der Waals surface area (Å²) in [4.78, 5) is 25.1. The largest absolute Gasteiger partial charge is 0.467 e. The Hall–Kier alpha value is -2.04. The third-order valence-corrected chi connectivity index (χ3v) is 3.37. The van der Waals surface area contributed by atoms with Crippen LogP contribution in [0.1, 0.15) is 19.3 Å². The monoisotopic (exact) mass is 277 g/mol. The number of methoxy groups -OCH3 is 1. The van der Waals surface area contributed by atoms with E-state index in [1.54, 1.807) is 0 Å². The van der Waals surface area contributed by atoms with Crippen LogP contribution in [-0.4, -0.2) is 43.3 Å². The van der Waals surface area contributed by atoms with E-state index in [0.29, 0.717) is 13.0 Å². The maximum atomic E-state index is 12.0. The molecule has 1 aliphatic carbocycles. The van der Waals surface area contributed by atoms with Crippen LogP contribution in [0, 0.1) is 0 Å². The van der Waals surface area contributed by atoms with E-state index >= 15 is 0 Å². The Morgan fingerprint density at radius 3 is 3.05 bits per heavy atom. The molecule has 108 valence electrons. The van der Waals surface area contributed by atoms with Crippen LogP contribution in [0.2, 0.25) is 0 Å². The minimum Gasteiger partial charge on any atom is -0.467 e. The number of esters is 1. The van der Waals surface area contributed by atoms with Gasteiger partial charge in [0, 0.05) is 6.54 Å². The van der Waals surface area contributed by atoms with Gasteiger partial charge in [0.2, 0.25) is 0 Å². The molecule has 5 nitrogen and oxygen atoms in total. The van der Waals surface area contributed by atoms with Crippen LogP contribution in [0.25, 0.3) is 0 Å². The van der Waals surface area contributed by atoms with Gasteiger partial charge in [0.15, 0.2) is 0 Å². The number of likely N-dealkylation sites (tertiary alicyclic amines) is 1. The lowest BCUT2D eigenvalue weighted by atomic mass is 10.2. The van der Waals surface area contributed by atoms with E-state index in [4.69, 9.17) is 9.47 Å². The highest BCUT2D eigenvalue weighted by Crippen LogP contribution is 2.19. The molecule has 1 saturated heterocycles. The van der Waals surface area contributed by atoms with Crippen molar-refractivity contribution in [2.75, 3.05) is 20.3 Å². The van der Waals surface area contributed by atoms with Gasteiger partial charge in [-0.05, 0) is 24.8 Å². The normalized spacial score (nSPS) is 21.4. The van der Waals surface area contributed by atoms with Crippen molar-refractivity contribution in [2.24, 2.45) is 0 Å². The summed E-state index contributed by atoms with van der Waals surface area (Å²) in [6.07, 6.45) is 11.7. The second kappa shape index (κ2) is 6.93. The van der Waals surface area contributed by atoms with Crippen molar-refractivity contribution < 1.29 is 19.1 Å². The highest BCUT2D eigenvalue weighted by atomic mass is 16.6. The molecule has 1 atom stereocenters. The highest BCUT2D eigenvalue weighted by Gasteiger charge is 2.35. The van der Waals surface area contributed by atoms with Gasteiger partial charge in [-0.2, -0.15) is 0 Å². The molecule has 1 unspecified atom stereocenters. The number of amides is 1. The molecule has 1 fully saturated rings. The zero-order chi connectivity index (χ0) is 14.4. The van der Waals surface area contributed by atoms with E-state index in [2.05, 4.69) is 0 Å². The third kappa shape index (κ3) is 3.50. The van der Waals surface area contributed by atoms with Gasteiger partial charge in [0.1, 0.15) is 12.6 Å². The van der Waals surface area contributed by atoms with E-state index in [-0.39, 0.29) is 12.6 Å². The number of allylic oxidation sites excluding steroid dienone is 4. The fraction of sp³-hybridized carbons (Fsp3) is 0.467. The molecular formula is C15H19NO4. The number of hydrogen-bond acceptors (Lipinski definition) is 4. The molecule has 0 N–H and O–H groups in total. The van der Waals surface area contributed by atoms with Crippen LogP contribution in [0.4, 0.5) is 4.79 Å². The second-order valence-corrected chi connectivity index (χ2v) is 4.74. The third-order valence-electron chi connectivity index (χ3n) is 3.37. The average Bonchev–Trinajstić information content (AvgIpc) is 2.81. The van der Waals surface area contributed by atoms with Crippen molar-refractivity contribution in [3.05, 3.63) is 36.0 Å². The molecule has 0 bridgehead atoms. The van der Waals surface area contributed by atoms with E-state index in [0.717, 1.165) is 18.4 Å². The standard InChI is InChI=1S/C15H19NO4/c1-19-14(17)13-9-6-10-16(13)15(18)20-11-12-7-4-2-3-5-8-12/h2,4-5,7-8,13H,3,6,9-11H2,1H3. The molecule has 1 amide bonds. The van der Waals surface area contributed by atoms with E-state index < -0.39 is 12.1 Å². The Kier molecular flexibility index (Phi) is 4.98. The summed E-state index contributed by atoms with van der Waals surface area (Å²) in [6, 6.07) is -0.508. The number of hydrogen-bond donors (Lipinski definition) is 0. The summed E-state index contributed by atoms with van der Waals surface area (Å²) in [5.41, 5.74) is 0.931. The molecule has 0 spiro atoms. The Bertz CT molecular complexity index is 464. The minimum absolute atomic E-state index is 0.212. The van der Waals surface area contributed by atoms with Gasteiger partial charge in [-0.15, -0.1) is 0 Å². The lowest BCUT2D eigenvalue weighted by Gasteiger charge is -2.22. The van der Waals surface area contributed by atoms with Crippen molar-refractivity contribution in [3.8, 4) is 0 Å². The predicted octanol–water partition coefficient (Wildman–Crippen LogP) is 2.20. The van der Waals surface area contributed by atoms with Crippen LogP contribution in [0.15, 0.2) is 36.0 Å². The van der Waals surface area contributed by atoms with Crippen LogP contribution in [-0.2, 0) is 14.3 Å². The molecule has 1 aliphatic heterocycles. The van der Waals surface area contributed by atoms with Crippen molar-refractivity contribution >= 4 is 12.1 Å². The van der Waals surface area contributed by atoms with Gasteiger partial charge in [-0.1, -0.05) is 30.4 Å². The number of rotatable bonds is 3. The smallest absolute Gasteiger partial charge is 0.410 e. The summed E-state index contributed by atoms with van der Waals surface area (Å²) in [7, 11) is 1.33. The fourth-order valence-corrected chi connectivity index (χ4v) is 2.31. The number of ether oxygens (including phenoxy) is 2. The van der Waals surface area contributed by atoms with E-state index in [1.807, 2.05) is 30.4 Å². The van der Waals surface area contributed by atoms with Crippen molar-refractivity contribution in [2.45, 2.75) is 25.3 Å². The lowest BCUT2D eigenvalue weighted by molar-refractivity contribution is -0.145. The van der Waals surface area contributed by atoms with Crippen molar-refractivity contribution in [1.82, 2.24) is 4.90 Å². The number of nitrogens with zero attached hydrogens (tertiary/aromatic N) is 1. The first kappa shape index (κ1) is 14.4. The Balaban J connectivity index is 1.89. The van der Waals surface area contributed by atoms with Gasteiger partial charge in [-0.3, -0.25) is 4.90 Å². The summed E-state index contributed by atoms with van der Waals surface area (Å²) in [5.74, 6) is -0.379. The van der Waals surface area contributed by atoms with Crippen LogP contribution >= 0.6 is 0 Å². The van der Waals surface area contributed by atoms with Gasteiger partial charge in [-0.25, -0.2) is 9.59 Å². The van der Waals surface area contributed by atoms with Crippen LogP contribution in [0.3, 0.4) is 0 Å². The molecule has 2 rings (SSSR count). The molecule has 0 aromatic rings. The zero-order valence-corrected chi connectivity index (χ0v) is 11.6. The fourth-order valence-electron chi connectivity index (χ4n) is 2.31. The molecule has 20 heavy (non-hydrogen) atoms. The summed E-state index contributed by atoms with van der Waals surface area (Å²) in [6.45, 7) is 0.747. The Morgan fingerprint density at radius 1 is 1.40 bits per heavy atom. The first-order chi connectivity index (χ1) is 9.72. The lowest BCUT2D eigenvalue weighted by Crippen LogP contribution is -2.41. The Morgan fingerprint density at radius 2 is 2.25 bits per heavy atom. The van der Waals surface area contributed by atoms with Gasteiger partial charge in [0.05, 0.1) is 7.11 Å². The molecule has 2 aliphatic rings. The van der Waals surface area contributed by atoms with Gasteiger partial charge >= 0.3 is 12.1 Å².